The molecule has 6 nitrogen and oxygen atoms in total. The molecule has 2 rings (SSSR count). The summed E-state index contributed by atoms with van der Waals surface area (Å²) in [5.74, 6) is 0.400. The van der Waals surface area contributed by atoms with Crippen molar-refractivity contribution in [3.63, 3.8) is 0 Å². The van der Waals surface area contributed by atoms with Gasteiger partial charge in [-0.3, -0.25) is 5.10 Å². The van der Waals surface area contributed by atoms with Gasteiger partial charge in [-0.15, -0.1) is 0 Å². The first-order valence-electron chi connectivity index (χ1n) is 6.13. The average Bonchev–Trinajstić information content (AvgIpc) is 2.87. The van der Waals surface area contributed by atoms with Gasteiger partial charge in [0.1, 0.15) is 4.90 Å². The number of aryl methyl sites for hydroxylation is 2. The molecule has 18 heavy (non-hydrogen) atoms. The van der Waals surface area contributed by atoms with E-state index in [-0.39, 0.29) is 0 Å². The van der Waals surface area contributed by atoms with Crippen LogP contribution in [0, 0.1) is 19.8 Å². The molecule has 0 aromatic carbocycles. The van der Waals surface area contributed by atoms with Gasteiger partial charge >= 0.3 is 0 Å². The van der Waals surface area contributed by atoms with Gasteiger partial charge < -0.3 is 5.32 Å². The third-order valence-electron chi connectivity index (χ3n) is 3.40. The van der Waals surface area contributed by atoms with Gasteiger partial charge in [-0.25, -0.2) is 8.42 Å². The van der Waals surface area contributed by atoms with Crippen LogP contribution < -0.4 is 5.32 Å². The Kier molecular flexibility index (Phi) is 3.74. The fourth-order valence-corrected chi connectivity index (χ4v) is 4.38. The summed E-state index contributed by atoms with van der Waals surface area (Å²) in [7, 11) is -1.51. The van der Waals surface area contributed by atoms with E-state index < -0.39 is 10.0 Å². The van der Waals surface area contributed by atoms with Crippen molar-refractivity contribution >= 4 is 10.0 Å². The monoisotopic (exact) mass is 272 g/mol. The lowest BCUT2D eigenvalue weighted by Crippen LogP contribution is -2.31. The minimum Gasteiger partial charge on any atom is -0.319 e. The maximum absolute atomic E-state index is 12.5. The van der Waals surface area contributed by atoms with Crippen LogP contribution in [0.1, 0.15) is 17.8 Å². The summed E-state index contributed by atoms with van der Waals surface area (Å²) in [6, 6.07) is 0. The van der Waals surface area contributed by atoms with E-state index in [1.54, 1.807) is 18.2 Å². The smallest absolute Gasteiger partial charge is 0.246 e. The quantitative estimate of drug-likeness (QED) is 0.824. The number of sulfonamides is 1. The SMILES string of the molecule is CNC[C@@H]1CCN(S(=O)(=O)c2c(C)n[nH]c2C)C1. The average molecular weight is 272 g/mol. The van der Waals surface area contributed by atoms with Crippen LogP contribution in [0.2, 0.25) is 0 Å². The number of hydrogen-bond acceptors (Lipinski definition) is 4. The number of rotatable bonds is 4. The van der Waals surface area contributed by atoms with E-state index in [2.05, 4.69) is 15.5 Å². The predicted molar refractivity (Wildman–Crippen MR) is 68.9 cm³/mol. The standard InChI is InChI=1S/C11H20N4O2S/c1-8-11(9(2)14-13-8)18(16,17)15-5-4-10(7-15)6-12-3/h10,12H,4-7H2,1-3H3,(H,13,14)/t10-/m0/s1. The molecule has 1 aromatic rings. The molecule has 0 spiro atoms. The summed E-state index contributed by atoms with van der Waals surface area (Å²) in [6.07, 6.45) is 0.913. The maximum atomic E-state index is 12.5. The number of hydrogen-bond donors (Lipinski definition) is 2. The highest BCUT2D eigenvalue weighted by Gasteiger charge is 2.34. The highest BCUT2D eigenvalue weighted by Crippen LogP contribution is 2.26. The van der Waals surface area contributed by atoms with Gasteiger partial charge in [0.25, 0.3) is 0 Å². The van der Waals surface area contributed by atoms with Crippen molar-refractivity contribution in [1.29, 1.82) is 0 Å². The molecule has 0 saturated carbocycles. The molecule has 7 heteroatoms. The molecule has 2 N–H and O–H groups in total. The molecule has 1 aliphatic rings. The van der Waals surface area contributed by atoms with Gasteiger partial charge in [0.05, 0.1) is 11.4 Å². The highest BCUT2D eigenvalue weighted by atomic mass is 32.2. The largest absolute Gasteiger partial charge is 0.319 e. The Hall–Kier alpha value is -0.920. The van der Waals surface area contributed by atoms with Crippen molar-refractivity contribution in [1.82, 2.24) is 19.8 Å². The Bertz CT molecular complexity index is 504. The lowest BCUT2D eigenvalue weighted by atomic mass is 10.1. The van der Waals surface area contributed by atoms with Gasteiger partial charge in [-0.1, -0.05) is 0 Å². The van der Waals surface area contributed by atoms with E-state index in [1.165, 1.54) is 0 Å². The molecule has 1 aliphatic heterocycles. The van der Waals surface area contributed by atoms with Crippen LogP contribution in [0.3, 0.4) is 0 Å². The third-order valence-corrected chi connectivity index (χ3v) is 5.53. The van der Waals surface area contributed by atoms with Gasteiger partial charge in [0.2, 0.25) is 10.0 Å². The number of aromatic nitrogens is 2. The van der Waals surface area contributed by atoms with Crippen LogP contribution in [-0.4, -0.2) is 49.6 Å². The fraction of sp³-hybridized carbons (Fsp3) is 0.727. The van der Waals surface area contributed by atoms with Crippen molar-refractivity contribution in [2.45, 2.75) is 25.2 Å². The Morgan fingerprint density at radius 2 is 2.22 bits per heavy atom. The van der Waals surface area contributed by atoms with E-state index in [4.69, 9.17) is 0 Å². The van der Waals surface area contributed by atoms with Crippen LogP contribution in [0.5, 0.6) is 0 Å². The van der Waals surface area contributed by atoms with Crippen molar-refractivity contribution < 1.29 is 8.42 Å². The molecule has 0 bridgehead atoms. The minimum atomic E-state index is -3.40. The summed E-state index contributed by atoms with van der Waals surface area (Å²) in [6.45, 7) is 5.51. The molecule has 1 atom stereocenters. The summed E-state index contributed by atoms with van der Waals surface area (Å²) in [5.41, 5.74) is 1.16. The van der Waals surface area contributed by atoms with Gasteiger partial charge in [-0.05, 0) is 39.8 Å². The third kappa shape index (κ3) is 2.30. The first-order valence-corrected chi connectivity index (χ1v) is 7.57. The summed E-state index contributed by atoms with van der Waals surface area (Å²) < 4.78 is 26.6. The molecule has 102 valence electrons. The van der Waals surface area contributed by atoms with Crippen molar-refractivity contribution in [2.75, 3.05) is 26.7 Å². The Morgan fingerprint density at radius 1 is 1.50 bits per heavy atom. The summed E-state index contributed by atoms with van der Waals surface area (Å²) in [4.78, 5) is 0.340. The molecule has 0 aliphatic carbocycles. The number of nitrogens with one attached hydrogen (secondary N) is 2. The zero-order valence-electron chi connectivity index (χ0n) is 11.0. The summed E-state index contributed by atoms with van der Waals surface area (Å²) >= 11 is 0. The number of aromatic amines is 1. The molecule has 1 fully saturated rings. The number of nitrogens with zero attached hydrogens (tertiary/aromatic N) is 2. The molecular weight excluding hydrogens is 252 g/mol. The lowest BCUT2D eigenvalue weighted by molar-refractivity contribution is 0.450. The van der Waals surface area contributed by atoms with Crippen molar-refractivity contribution in [3.05, 3.63) is 11.4 Å². The van der Waals surface area contributed by atoms with Gasteiger partial charge in [0, 0.05) is 13.1 Å². The second-order valence-corrected chi connectivity index (χ2v) is 6.71. The topological polar surface area (TPSA) is 78.1 Å². The Labute approximate surface area is 108 Å². The molecule has 1 saturated heterocycles. The summed E-state index contributed by atoms with van der Waals surface area (Å²) in [5, 5.41) is 9.80. The second kappa shape index (κ2) is 4.99. The van der Waals surface area contributed by atoms with Crippen molar-refractivity contribution in [3.8, 4) is 0 Å². The fourth-order valence-electron chi connectivity index (χ4n) is 2.52. The predicted octanol–water partition coefficient (Wildman–Crippen LogP) is 0.257. The van der Waals surface area contributed by atoms with E-state index in [0.717, 1.165) is 13.0 Å². The van der Waals surface area contributed by atoms with Gasteiger partial charge in [-0.2, -0.15) is 9.40 Å². The molecule has 0 amide bonds. The van der Waals surface area contributed by atoms with Crippen LogP contribution in [-0.2, 0) is 10.0 Å². The van der Waals surface area contributed by atoms with E-state index in [9.17, 15) is 8.42 Å². The van der Waals surface area contributed by atoms with Crippen LogP contribution >= 0.6 is 0 Å². The zero-order valence-corrected chi connectivity index (χ0v) is 11.8. The number of H-pyrrole nitrogens is 1. The Balaban J connectivity index is 2.23. The lowest BCUT2D eigenvalue weighted by Gasteiger charge is -2.16. The molecular formula is C11H20N4O2S. The zero-order chi connectivity index (χ0) is 13.3. The van der Waals surface area contributed by atoms with Gasteiger partial charge in [0.15, 0.2) is 0 Å². The second-order valence-electron chi connectivity index (χ2n) is 4.84. The first-order chi connectivity index (χ1) is 8.46. The van der Waals surface area contributed by atoms with Crippen molar-refractivity contribution in [2.24, 2.45) is 5.92 Å². The highest BCUT2D eigenvalue weighted by molar-refractivity contribution is 7.89. The normalized spacial score (nSPS) is 21.6. The molecule has 0 unspecified atom stereocenters. The van der Waals surface area contributed by atoms with Crippen LogP contribution in [0.4, 0.5) is 0 Å². The Morgan fingerprint density at radius 3 is 2.78 bits per heavy atom. The molecule has 0 radical (unpaired) electrons. The molecule has 2 heterocycles. The first kappa shape index (κ1) is 13.5. The van der Waals surface area contributed by atoms with E-state index in [0.29, 0.717) is 35.3 Å². The van der Waals surface area contributed by atoms with E-state index >= 15 is 0 Å². The molecule has 1 aromatic heterocycles. The van der Waals surface area contributed by atoms with E-state index in [1.807, 2.05) is 7.05 Å². The van der Waals surface area contributed by atoms with Crippen LogP contribution in [0.15, 0.2) is 4.90 Å². The maximum Gasteiger partial charge on any atom is 0.246 e. The minimum absolute atomic E-state index is 0.340. The van der Waals surface area contributed by atoms with Crippen LogP contribution in [0.25, 0.3) is 0 Å².